The molecule has 149 valence electrons. The van der Waals surface area contributed by atoms with E-state index in [0.717, 1.165) is 43.0 Å². The molecule has 1 radical (unpaired) electrons. The van der Waals surface area contributed by atoms with E-state index in [4.69, 9.17) is 4.74 Å². The number of quaternary nitrogens is 1. The van der Waals surface area contributed by atoms with Crippen molar-refractivity contribution >= 4 is 5.91 Å². The molecular weight excluding hydrogens is 413 g/mol. The van der Waals surface area contributed by atoms with E-state index in [2.05, 4.69) is 45.9 Å². The van der Waals surface area contributed by atoms with Crippen molar-refractivity contribution in [3.8, 4) is 5.75 Å². The van der Waals surface area contributed by atoms with Gasteiger partial charge in [-0.05, 0) is 64.5 Å². The summed E-state index contributed by atoms with van der Waals surface area (Å²) in [5.41, 5.74) is 2.37. The Bertz CT molecular complexity index is 559. The fraction of sp³-hybridized carbons (Fsp3) is 0.682. The molecule has 1 aliphatic heterocycles. The molecule has 1 aromatic carbocycles. The molecule has 1 aromatic rings. The minimum Gasteiger partial charge on any atom is -0.487 e. The summed E-state index contributed by atoms with van der Waals surface area (Å²) < 4.78 is 7.08. The first-order chi connectivity index (χ1) is 12.5. The second-order valence-electron chi connectivity index (χ2n) is 7.72. The van der Waals surface area contributed by atoms with Gasteiger partial charge in [-0.25, -0.2) is 0 Å². The number of hydrogen-bond acceptors (Lipinski definition) is 2. The summed E-state index contributed by atoms with van der Waals surface area (Å²) in [7, 11) is 0. The van der Waals surface area contributed by atoms with E-state index in [-0.39, 0.29) is 32.7 Å². The van der Waals surface area contributed by atoms with Crippen LogP contribution in [0.4, 0.5) is 0 Å². The molecule has 0 aliphatic carbocycles. The van der Waals surface area contributed by atoms with Gasteiger partial charge in [0.05, 0.1) is 13.1 Å². The molecule has 0 unspecified atom stereocenters. The first-order valence-corrected chi connectivity index (χ1v) is 10.3. The number of hydrogen-bond donors (Lipinski definition) is 0. The Morgan fingerprint density at radius 1 is 1.04 bits per heavy atom. The van der Waals surface area contributed by atoms with E-state index in [1.54, 1.807) is 0 Å². The number of likely N-dealkylation sites (tertiary alicyclic amines) is 1. The average molecular weight is 450 g/mol. The normalized spacial score (nSPS) is 16.1. The van der Waals surface area contributed by atoms with Crippen molar-refractivity contribution < 1.29 is 46.7 Å². The van der Waals surface area contributed by atoms with Gasteiger partial charge in [0.1, 0.15) is 18.9 Å². The summed E-state index contributed by atoms with van der Waals surface area (Å²) in [5.74, 6) is 1.31. The molecular formula is C22H37N2O2Y+. The smallest absolute Gasteiger partial charge is 0.277 e. The number of rotatable bonds is 8. The maximum absolute atomic E-state index is 12.8. The molecule has 0 saturated carbocycles. The Morgan fingerprint density at radius 2 is 1.59 bits per heavy atom. The minimum atomic E-state index is 0. The van der Waals surface area contributed by atoms with Gasteiger partial charge >= 0.3 is 0 Å². The summed E-state index contributed by atoms with van der Waals surface area (Å²) in [6.45, 7) is 14.4. The van der Waals surface area contributed by atoms with Gasteiger partial charge in [-0.3, -0.25) is 4.79 Å². The quantitative estimate of drug-likeness (QED) is 0.562. The molecule has 0 spiro atoms. The van der Waals surface area contributed by atoms with Gasteiger partial charge in [0, 0.05) is 45.8 Å². The van der Waals surface area contributed by atoms with E-state index < -0.39 is 0 Å². The van der Waals surface area contributed by atoms with Gasteiger partial charge in [-0.15, -0.1) is 0 Å². The summed E-state index contributed by atoms with van der Waals surface area (Å²) in [6.07, 6.45) is 5.01. The van der Waals surface area contributed by atoms with Crippen LogP contribution in [0.2, 0.25) is 0 Å². The Kier molecular flexibility index (Phi) is 11.1. The number of aryl methyl sites for hydroxylation is 2. The number of carbonyl (C=O) groups excluding carboxylic acids is 1. The zero-order valence-electron chi connectivity index (χ0n) is 17.8. The summed E-state index contributed by atoms with van der Waals surface area (Å²) in [5, 5.41) is 0. The van der Waals surface area contributed by atoms with Gasteiger partial charge in [0.2, 0.25) is 0 Å². The molecule has 0 aromatic heterocycles. The van der Waals surface area contributed by atoms with Gasteiger partial charge in [0.15, 0.2) is 6.54 Å². The van der Waals surface area contributed by atoms with Gasteiger partial charge in [0.25, 0.3) is 5.91 Å². The summed E-state index contributed by atoms with van der Waals surface area (Å²) in [4.78, 5) is 14.8. The molecule has 1 aliphatic rings. The predicted octanol–water partition coefficient (Wildman–Crippen LogP) is 3.94. The monoisotopic (exact) mass is 450 g/mol. The van der Waals surface area contributed by atoms with E-state index >= 15 is 0 Å². The Labute approximate surface area is 191 Å². The van der Waals surface area contributed by atoms with Crippen LogP contribution in [-0.4, -0.2) is 61.2 Å². The van der Waals surface area contributed by atoms with Crippen LogP contribution in [0.5, 0.6) is 5.75 Å². The third kappa shape index (κ3) is 7.14. The third-order valence-electron chi connectivity index (χ3n) is 5.82. The van der Waals surface area contributed by atoms with Crippen molar-refractivity contribution in [2.24, 2.45) is 0 Å². The molecule has 1 amide bonds. The Hall–Kier alpha value is -0.446. The SMILES string of the molecule is CCN(CC)C(=O)C[N+]1(CCOc2c(C)cccc2C)CCCCCC1.[Y]. The van der Waals surface area contributed by atoms with Crippen molar-refractivity contribution in [2.45, 2.75) is 53.4 Å². The maximum Gasteiger partial charge on any atom is 0.277 e. The van der Waals surface area contributed by atoms with Gasteiger partial charge in [-0.2, -0.15) is 0 Å². The molecule has 4 nitrogen and oxygen atoms in total. The number of likely N-dealkylation sites (N-methyl/N-ethyl adjacent to an activating group) is 1. The largest absolute Gasteiger partial charge is 0.487 e. The van der Waals surface area contributed by atoms with Crippen LogP contribution < -0.4 is 4.74 Å². The zero-order valence-corrected chi connectivity index (χ0v) is 20.6. The summed E-state index contributed by atoms with van der Waals surface area (Å²) >= 11 is 0. The molecule has 0 atom stereocenters. The summed E-state index contributed by atoms with van der Waals surface area (Å²) in [6, 6.07) is 6.27. The van der Waals surface area contributed by atoms with Crippen LogP contribution in [0.3, 0.4) is 0 Å². The molecule has 0 bridgehead atoms. The average Bonchev–Trinajstić information content (AvgIpc) is 2.84. The molecule has 1 heterocycles. The second kappa shape index (κ2) is 12.2. The van der Waals surface area contributed by atoms with Crippen LogP contribution in [0.15, 0.2) is 18.2 Å². The first kappa shape index (κ1) is 24.6. The van der Waals surface area contributed by atoms with Gasteiger partial charge < -0.3 is 14.1 Å². The molecule has 5 heteroatoms. The molecule has 1 saturated heterocycles. The molecule has 27 heavy (non-hydrogen) atoms. The Morgan fingerprint density at radius 3 is 2.11 bits per heavy atom. The van der Waals surface area contributed by atoms with E-state index in [1.165, 1.54) is 36.8 Å². The third-order valence-corrected chi connectivity index (χ3v) is 5.82. The van der Waals surface area contributed by atoms with Crippen LogP contribution in [0.25, 0.3) is 0 Å². The van der Waals surface area contributed by atoms with Crippen LogP contribution in [-0.2, 0) is 37.5 Å². The van der Waals surface area contributed by atoms with Crippen LogP contribution in [0.1, 0.15) is 50.7 Å². The van der Waals surface area contributed by atoms with Crippen molar-refractivity contribution in [1.82, 2.24) is 4.90 Å². The minimum absolute atomic E-state index is 0. The number of carbonyl (C=O) groups is 1. The van der Waals surface area contributed by atoms with Gasteiger partial charge in [-0.1, -0.05) is 18.2 Å². The van der Waals surface area contributed by atoms with E-state index in [0.29, 0.717) is 19.1 Å². The number of nitrogens with zero attached hydrogens (tertiary/aromatic N) is 2. The zero-order chi connectivity index (χ0) is 19.0. The van der Waals surface area contributed by atoms with E-state index in [9.17, 15) is 4.79 Å². The van der Waals surface area contributed by atoms with E-state index in [1.807, 2.05) is 4.90 Å². The topological polar surface area (TPSA) is 29.5 Å². The second-order valence-corrected chi connectivity index (χ2v) is 7.72. The number of ether oxygens (including phenoxy) is 1. The number of benzene rings is 1. The van der Waals surface area contributed by atoms with Crippen molar-refractivity contribution in [2.75, 3.05) is 45.9 Å². The van der Waals surface area contributed by atoms with Crippen LogP contribution in [0, 0.1) is 13.8 Å². The Balaban J connectivity index is 0.00000364. The standard InChI is InChI=1S/C22H37N2O2.Y/c1-5-23(6-2)21(25)18-24(14-9-7-8-10-15-24)16-17-26-22-19(3)12-11-13-20(22)4;/h11-13H,5-10,14-18H2,1-4H3;/q+1;. The van der Waals surface area contributed by atoms with Crippen molar-refractivity contribution in [3.63, 3.8) is 0 Å². The van der Waals surface area contributed by atoms with Crippen molar-refractivity contribution in [3.05, 3.63) is 29.3 Å². The number of para-hydroxylation sites is 1. The first-order valence-electron chi connectivity index (χ1n) is 10.3. The molecule has 2 rings (SSSR count). The predicted molar refractivity (Wildman–Crippen MR) is 108 cm³/mol. The molecule has 0 N–H and O–H groups in total. The number of amides is 1. The van der Waals surface area contributed by atoms with Crippen LogP contribution >= 0.6 is 0 Å². The molecule has 1 fully saturated rings. The maximum atomic E-state index is 12.8. The van der Waals surface area contributed by atoms with Crippen molar-refractivity contribution in [1.29, 1.82) is 0 Å². The fourth-order valence-corrected chi connectivity index (χ4v) is 4.15. The fourth-order valence-electron chi connectivity index (χ4n) is 4.15.